The van der Waals surface area contributed by atoms with Gasteiger partial charge >= 0.3 is 0 Å². The molecule has 3 rings (SSSR count). The fraction of sp³-hybridized carbons (Fsp3) is 0.435. The lowest BCUT2D eigenvalue weighted by Gasteiger charge is -2.23. The van der Waals surface area contributed by atoms with Crippen molar-refractivity contribution < 1.29 is 9.47 Å². The molecule has 0 radical (unpaired) electrons. The fourth-order valence-corrected chi connectivity index (χ4v) is 3.41. The zero-order valence-electron chi connectivity index (χ0n) is 16.0. The average Bonchev–Trinajstić information content (AvgIpc) is 3.01. The molecule has 0 amide bonds. The van der Waals surface area contributed by atoms with Gasteiger partial charge in [0.15, 0.2) is 6.29 Å². The number of aryl methyl sites for hydroxylation is 1. The molecular weight excluding hydrogens is 322 g/mol. The molecule has 0 aliphatic carbocycles. The third-order valence-electron chi connectivity index (χ3n) is 4.90. The maximum Gasteiger partial charge on any atom is 0.158 e. The SMILES string of the molecule is C=CCCC(C)=C=C(COC1CCCCO1)c1cc2ccccc2n1C. The summed E-state index contributed by atoms with van der Waals surface area (Å²) in [6.45, 7) is 7.26. The van der Waals surface area contributed by atoms with Gasteiger partial charge in [-0.15, -0.1) is 12.3 Å². The largest absolute Gasteiger partial charge is 0.353 e. The highest BCUT2D eigenvalue weighted by Gasteiger charge is 2.17. The summed E-state index contributed by atoms with van der Waals surface area (Å²) in [7, 11) is 2.11. The molecule has 1 aliphatic rings. The topological polar surface area (TPSA) is 23.4 Å². The molecule has 1 atom stereocenters. The number of nitrogens with zero attached hydrogens (tertiary/aromatic N) is 1. The van der Waals surface area contributed by atoms with E-state index in [2.05, 4.69) is 61.2 Å². The Kier molecular flexibility index (Phi) is 6.51. The zero-order chi connectivity index (χ0) is 18.4. The summed E-state index contributed by atoms with van der Waals surface area (Å²) in [6, 6.07) is 10.7. The van der Waals surface area contributed by atoms with Crippen LogP contribution in [-0.4, -0.2) is 24.1 Å². The molecule has 3 heteroatoms. The molecule has 1 unspecified atom stereocenters. The second kappa shape index (κ2) is 9.05. The molecule has 138 valence electrons. The van der Waals surface area contributed by atoms with Crippen molar-refractivity contribution in [3.8, 4) is 0 Å². The van der Waals surface area contributed by atoms with Crippen LogP contribution >= 0.6 is 0 Å². The molecule has 26 heavy (non-hydrogen) atoms. The standard InChI is InChI=1S/C23H29NO2/c1-4-5-10-18(2)15-20(17-26-23-13-8-9-14-25-23)22-16-19-11-6-7-12-21(19)24(22)3/h4,6-7,11-12,16,23H,1,5,8-10,13-14,17H2,2-3H3. The van der Waals surface area contributed by atoms with Gasteiger partial charge in [-0.25, -0.2) is 0 Å². The van der Waals surface area contributed by atoms with E-state index in [-0.39, 0.29) is 6.29 Å². The first kappa shape index (κ1) is 18.7. The van der Waals surface area contributed by atoms with E-state index in [0.29, 0.717) is 6.61 Å². The van der Waals surface area contributed by atoms with E-state index in [1.165, 1.54) is 22.9 Å². The van der Waals surface area contributed by atoms with Crippen molar-refractivity contribution in [1.29, 1.82) is 0 Å². The van der Waals surface area contributed by atoms with Crippen LogP contribution in [0.2, 0.25) is 0 Å². The van der Waals surface area contributed by atoms with E-state index in [4.69, 9.17) is 9.47 Å². The summed E-state index contributed by atoms with van der Waals surface area (Å²) in [5, 5.41) is 1.24. The summed E-state index contributed by atoms with van der Waals surface area (Å²) < 4.78 is 14.0. The number of aromatic nitrogens is 1. The van der Waals surface area contributed by atoms with Gasteiger partial charge in [0.1, 0.15) is 0 Å². The van der Waals surface area contributed by atoms with Crippen molar-refractivity contribution in [1.82, 2.24) is 4.57 Å². The summed E-state index contributed by atoms with van der Waals surface area (Å²) >= 11 is 0. The zero-order valence-corrected chi connectivity index (χ0v) is 16.0. The maximum atomic E-state index is 6.09. The predicted molar refractivity (Wildman–Crippen MR) is 108 cm³/mol. The lowest BCUT2D eigenvalue weighted by atomic mass is 10.1. The van der Waals surface area contributed by atoms with Crippen LogP contribution in [0.5, 0.6) is 0 Å². The van der Waals surface area contributed by atoms with Crippen LogP contribution < -0.4 is 0 Å². The van der Waals surface area contributed by atoms with Gasteiger partial charge in [0, 0.05) is 30.1 Å². The number of hydrogen-bond acceptors (Lipinski definition) is 2. The Morgan fingerprint density at radius 1 is 1.38 bits per heavy atom. The van der Waals surface area contributed by atoms with Crippen molar-refractivity contribution in [2.24, 2.45) is 7.05 Å². The van der Waals surface area contributed by atoms with Crippen LogP contribution in [0.25, 0.3) is 16.5 Å². The maximum absolute atomic E-state index is 6.09. The fourth-order valence-electron chi connectivity index (χ4n) is 3.41. The van der Waals surface area contributed by atoms with Crippen molar-refractivity contribution in [2.45, 2.75) is 45.3 Å². The first-order valence-corrected chi connectivity index (χ1v) is 9.53. The summed E-state index contributed by atoms with van der Waals surface area (Å²) in [5.41, 5.74) is 8.27. The first-order valence-electron chi connectivity index (χ1n) is 9.53. The highest BCUT2D eigenvalue weighted by atomic mass is 16.7. The lowest BCUT2D eigenvalue weighted by molar-refractivity contribution is -0.154. The molecule has 0 spiro atoms. The van der Waals surface area contributed by atoms with Crippen LogP contribution in [-0.2, 0) is 16.5 Å². The van der Waals surface area contributed by atoms with Gasteiger partial charge in [-0.05, 0) is 56.7 Å². The number of rotatable bonds is 7. The molecule has 0 bridgehead atoms. The van der Waals surface area contributed by atoms with Crippen LogP contribution in [0.15, 0.2) is 54.3 Å². The number of benzene rings is 1. The molecule has 1 aliphatic heterocycles. The highest BCUT2D eigenvalue weighted by Crippen LogP contribution is 2.25. The van der Waals surface area contributed by atoms with Crippen LogP contribution in [0.3, 0.4) is 0 Å². The van der Waals surface area contributed by atoms with E-state index in [0.717, 1.165) is 43.6 Å². The molecule has 0 N–H and O–H groups in total. The normalized spacial score (nSPS) is 17.1. The van der Waals surface area contributed by atoms with Crippen molar-refractivity contribution in [3.63, 3.8) is 0 Å². The van der Waals surface area contributed by atoms with Crippen molar-refractivity contribution >= 4 is 16.5 Å². The van der Waals surface area contributed by atoms with E-state index in [9.17, 15) is 0 Å². The Hall–Kier alpha value is -2.06. The molecule has 2 aromatic rings. The lowest BCUT2D eigenvalue weighted by Crippen LogP contribution is -2.23. The van der Waals surface area contributed by atoms with Crippen molar-refractivity contribution in [3.05, 3.63) is 60.0 Å². The Balaban J connectivity index is 1.91. The van der Waals surface area contributed by atoms with E-state index < -0.39 is 0 Å². The number of para-hydroxylation sites is 1. The van der Waals surface area contributed by atoms with Crippen molar-refractivity contribution in [2.75, 3.05) is 13.2 Å². The minimum atomic E-state index is -0.0938. The number of fused-ring (bicyclic) bond motifs is 1. The van der Waals surface area contributed by atoms with Crippen LogP contribution in [0.1, 0.15) is 44.7 Å². The number of allylic oxidation sites excluding steroid dienone is 1. The van der Waals surface area contributed by atoms with Gasteiger partial charge in [0.25, 0.3) is 0 Å². The first-order chi connectivity index (χ1) is 12.7. The number of hydrogen-bond donors (Lipinski definition) is 0. The molecule has 1 aromatic carbocycles. The Morgan fingerprint density at radius 2 is 2.23 bits per heavy atom. The molecule has 0 saturated carbocycles. The van der Waals surface area contributed by atoms with E-state index in [1.54, 1.807) is 0 Å². The Labute approximate surface area is 156 Å². The van der Waals surface area contributed by atoms with Gasteiger partial charge in [-0.1, -0.05) is 24.3 Å². The smallest absolute Gasteiger partial charge is 0.158 e. The molecule has 3 nitrogen and oxygen atoms in total. The Morgan fingerprint density at radius 3 is 2.96 bits per heavy atom. The third-order valence-corrected chi connectivity index (χ3v) is 4.90. The van der Waals surface area contributed by atoms with Crippen LogP contribution in [0, 0.1) is 0 Å². The second-order valence-electron chi connectivity index (χ2n) is 6.97. The monoisotopic (exact) mass is 351 g/mol. The minimum absolute atomic E-state index is 0.0938. The van der Waals surface area contributed by atoms with Gasteiger partial charge in [0.05, 0.1) is 12.3 Å². The summed E-state index contributed by atoms with van der Waals surface area (Å²) in [6.07, 6.45) is 7.07. The van der Waals surface area contributed by atoms with Gasteiger partial charge in [-0.2, -0.15) is 0 Å². The van der Waals surface area contributed by atoms with Gasteiger partial charge in [0.2, 0.25) is 0 Å². The quantitative estimate of drug-likeness (QED) is 0.478. The minimum Gasteiger partial charge on any atom is -0.353 e. The summed E-state index contributed by atoms with van der Waals surface area (Å²) in [4.78, 5) is 0. The number of ether oxygens (including phenoxy) is 2. The van der Waals surface area contributed by atoms with E-state index >= 15 is 0 Å². The molecule has 1 aromatic heterocycles. The van der Waals surface area contributed by atoms with Gasteiger partial charge in [-0.3, -0.25) is 0 Å². The average molecular weight is 351 g/mol. The predicted octanol–water partition coefficient (Wildman–Crippen LogP) is 5.62. The highest BCUT2D eigenvalue weighted by molar-refractivity contribution is 5.85. The van der Waals surface area contributed by atoms with Crippen LogP contribution in [0.4, 0.5) is 0 Å². The molecular formula is C23H29NO2. The third kappa shape index (κ3) is 4.56. The molecule has 1 saturated heterocycles. The second-order valence-corrected chi connectivity index (χ2v) is 6.97. The summed E-state index contributed by atoms with van der Waals surface area (Å²) in [5.74, 6) is 0. The molecule has 1 fully saturated rings. The Bertz CT molecular complexity index is 818. The van der Waals surface area contributed by atoms with E-state index in [1.807, 2.05) is 6.08 Å². The van der Waals surface area contributed by atoms with Gasteiger partial charge < -0.3 is 14.0 Å². The molecule has 2 heterocycles.